The molecule has 9 heteroatoms. The standard InChI is InChI=1S/C16H15ClFN5O2/c1-24-11-7-9(17)4-5-10(11)20-14-13-15(22-16(18)21-14)23(8-19-13)12-3-2-6-25-12/h4-5,7-8,12H,2-3,6H2,1H3,(H,20,21,22). The Morgan fingerprint density at radius 3 is 3.04 bits per heavy atom. The molecular weight excluding hydrogens is 349 g/mol. The van der Waals surface area contributed by atoms with E-state index in [0.29, 0.717) is 34.2 Å². The highest BCUT2D eigenvalue weighted by molar-refractivity contribution is 6.30. The van der Waals surface area contributed by atoms with Gasteiger partial charge in [-0.3, -0.25) is 4.57 Å². The monoisotopic (exact) mass is 363 g/mol. The van der Waals surface area contributed by atoms with Gasteiger partial charge in [-0.05, 0) is 25.0 Å². The number of ether oxygens (including phenoxy) is 2. The summed E-state index contributed by atoms with van der Waals surface area (Å²) in [5, 5.41) is 3.58. The Kier molecular flexibility index (Phi) is 4.14. The van der Waals surface area contributed by atoms with Crippen LogP contribution in [0.3, 0.4) is 0 Å². The molecule has 130 valence electrons. The Balaban J connectivity index is 1.77. The molecule has 3 heterocycles. The summed E-state index contributed by atoms with van der Waals surface area (Å²) in [6.07, 6.45) is 2.36. The first-order valence-corrected chi connectivity index (χ1v) is 8.16. The third-order valence-corrected chi connectivity index (χ3v) is 4.26. The Bertz CT molecular complexity index is 926. The number of imidazole rings is 1. The molecule has 0 aliphatic carbocycles. The molecule has 2 aromatic heterocycles. The number of nitrogens with zero attached hydrogens (tertiary/aromatic N) is 4. The largest absolute Gasteiger partial charge is 0.495 e. The smallest absolute Gasteiger partial charge is 0.312 e. The van der Waals surface area contributed by atoms with Gasteiger partial charge in [-0.15, -0.1) is 0 Å². The van der Waals surface area contributed by atoms with Crippen molar-refractivity contribution in [2.45, 2.75) is 19.1 Å². The zero-order chi connectivity index (χ0) is 17.4. The van der Waals surface area contributed by atoms with Crippen molar-refractivity contribution in [1.82, 2.24) is 19.5 Å². The van der Waals surface area contributed by atoms with Gasteiger partial charge in [0.05, 0.1) is 19.1 Å². The summed E-state index contributed by atoms with van der Waals surface area (Å²) in [6, 6.07) is 5.08. The molecule has 1 fully saturated rings. The van der Waals surface area contributed by atoms with E-state index in [9.17, 15) is 4.39 Å². The maximum absolute atomic E-state index is 14.0. The number of methoxy groups -OCH3 is 1. The molecule has 1 unspecified atom stereocenters. The molecule has 1 aliphatic rings. The second kappa shape index (κ2) is 6.45. The topological polar surface area (TPSA) is 74.1 Å². The highest BCUT2D eigenvalue weighted by Crippen LogP contribution is 2.33. The first-order chi connectivity index (χ1) is 12.2. The van der Waals surface area contributed by atoms with Crippen LogP contribution in [-0.2, 0) is 4.74 Å². The lowest BCUT2D eigenvalue weighted by molar-refractivity contribution is 0.0592. The number of halogens is 2. The van der Waals surface area contributed by atoms with E-state index in [0.717, 1.165) is 12.8 Å². The fraction of sp³-hybridized carbons (Fsp3) is 0.312. The number of benzene rings is 1. The highest BCUT2D eigenvalue weighted by atomic mass is 35.5. The van der Waals surface area contributed by atoms with Gasteiger partial charge in [-0.25, -0.2) is 4.98 Å². The normalized spacial score (nSPS) is 17.2. The second-order valence-corrected chi connectivity index (χ2v) is 6.04. The molecule has 1 aliphatic heterocycles. The zero-order valence-corrected chi connectivity index (χ0v) is 14.1. The van der Waals surface area contributed by atoms with Gasteiger partial charge in [0.25, 0.3) is 0 Å². The van der Waals surface area contributed by atoms with E-state index in [-0.39, 0.29) is 12.0 Å². The number of fused-ring (bicyclic) bond motifs is 1. The molecule has 1 aromatic carbocycles. The zero-order valence-electron chi connectivity index (χ0n) is 13.4. The van der Waals surface area contributed by atoms with Gasteiger partial charge in [-0.1, -0.05) is 11.6 Å². The third kappa shape index (κ3) is 2.98. The molecule has 0 saturated carbocycles. The fourth-order valence-electron chi connectivity index (χ4n) is 2.86. The van der Waals surface area contributed by atoms with Gasteiger partial charge in [-0.2, -0.15) is 14.4 Å². The SMILES string of the molecule is COc1cc(Cl)ccc1Nc1nc(F)nc2c1ncn2C1CCCO1. The Labute approximate surface area is 147 Å². The van der Waals surface area contributed by atoms with Crippen LogP contribution in [0.15, 0.2) is 24.5 Å². The van der Waals surface area contributed by atoms with Crippen LogP contribution in [0.1, 0.15) is 19.1 Å². The Hall–Kier alpha value is -2.45. The van der Waals surface area contributed by atoms with E-state index < -0.39 is 6.08 Å². The average molecular weight is 364 g/mol. The molecule has 0 bridgehead atoms. The summed E-state index contributed by atoms with van der Waals surface area (Å²) in [7, 11) is 1.53. The van der Waals surface area contributed by atoms with Crippen LogP contribution >= 0.6 is 11.6 Å². The van der Waals surface area contributed by atoms with Crippen molar-refractivity contribution in [3.63, 3.8) is 0 Å². The third-order valence-electron chi connectivity index (χ3n) is 4.03. The van der Waals surface area contributed by atoms with Gasteiger partial charge < -0.3 is 14.8 Å². The number of hydrogen-bond acceptors (Lipinski definition) is 6. The van der Waals surface area contributed by atoms with Crippen LogP contribution in [0.25, 0.3) is 11.2 Å². The Morgan fingerprint density at radius 2 is 2.28 bits per heavy atom. The van der Waals surface area contributed by atoms with E-state index in [4.69, 9.17) is 21.1 Å². The fourth-order valence-corrected chi connectivity index (χ4v) is 3.03. The van der Waals surface area contributed by atoms with Crippen molar-refractivity contribution in [2.24, 2.45) is 0 Å². The molecule has 0 radical (unpaired) electrons. The Morgan fingerprint density at radius 1 is 1.40 bits per heavy atom. The van der Waals surface area contributed by atoms with E-state index >= 15 is 0 Å². The molecule has 0 spiro atoms. The van der Waals surface area contributed by atoms with Crippen LogP contribution in [0, 0.1) is 6.08 Å². The molecule has 1 saturated heterocycles. The molecule has 0 amide bonds. The van der Waals surface area contributed by atoms with Gasteiger partial charge in [0.15, 0.2) is 17.0 Å². The first-order valence-electron chi connectivity index (χ1n) is 7.78. The maximum Gasteiger partial charge on any atom is 0.312 e. The van der Waals surface area contributed by atoms with Gasteiger partial charge in [0.2, 0.25) is 0 Å². The van der Waals surface area contributed by atoms with Gasteiger partial charge in [0.1, 0.15) is 12.0 Å². The maximum atomic E-state index is 14.0. The molecular formula is C16H15ClFN5O2. The summed E-state index contributed by atoms with van der Waals surface area (Å²) in [6.45, 7) is 0.672. The number of hydrogen-bond donors (Lipinski definition) is 1. The van der Waals surface area contributed by atoms with Crippen molar-refractivity contribution in [2.75, 3.05) is 19.0 Å². The quantitative estimate of drug-likeness (QED) is 0.713. The number of aromatic nitrogens is 4. The minimum Gasteiger partial charge on any atom is -0.495 e. The van der Waals surface area contributed by atoms with Crippen molar-refractivity contribution in [3.05, 3.63) is 35.6 Å². The van der Waals surface area contributed by atoms with Crippen LogP contribution in [-0.4, -0.2) is 33.2 Å². The molecule has 1 atom stereocenters. The van der Waals surface area contributed by atoms with Crippen molar-refractivity contribution in [3.8, 4) is 5.75 Å². The first kappa shape index (κ1) is 16.0. The number of rotatable bonds is 4. The number of nitrogens with one attached hydrogen (secondary N) is 1. The minimum atomic E-state index is -0.845. The van der Waals surface area contributed by atoms with Crippen LogP contribution in [0.5, 0.6) is 5.75 Å². The number of anilines is 2. The second-order valence-electron chi connectivity index (χ2n) is 5.60. The van der Waals surface area contributed by atoms with Gasteiger partial charge >= 0.3 is 6.08 Å². The highest BCUT2D eigenvalue weighted by Gasteiger charge is 2.22. The van der Waals surface area contributed by atoms with Crippen molar-refractivity contribution >= 4 is 34.3 Å². The predicted octanol–water partition coefficient (Wildman–Crippen LogP) is 3.68. The lowest BCUT2D eigenvalue weighted by Crippen LogP contribution is -2.08. The molecule has 3 aromatic rings. The lowest BCUT2D eigenvalue weighted by Gasteiger charge is -2.13. The average Bonchev–Trinajstić information content (AvgIpc) is 3.25. The molecule has 7 nitrogen and oxygen atoms in total. The van der Waals surface area contributed by atoms with Crippen molar-refractivity contribution in [1.29, 1.82) is 0 Å². The van der Waals surface area contributed by atoms with Crippen molar-refractivity contribution < 1.29 is 13.9 Å². The molecule has 4 rings (SSSR count). The van der Waals surface area contributed by atoms with E-state index in [1.165, 1.54) is 7.11 Å². The van der Waals surface area contributed by atoms with Crippen LogP contribution in [0.2, 0.25) is 5.02 Å². The van der Waals surface area contributed by atoms with E-state index in [2.05, 4.69) is 20.3 Å². The molecule has 1 N–H and O–H groups in total. The van der Waals surface area contributed by atoms with Gasteiger partial charge in [0, 0.05) is 17.7 Å². The minimum absolute atomic E-state index is 0.183. The summed E-state index contributed by atoms with van der Waals surface area (Å²) in [5.74, 6) is 0.762. The van der Waals surface area contributed by atoms with Crippen LogP contribution in [0.4, 0.5) is 15.9 Å². The summed E-state index contributed by atoms with van der Waals surface area (Å²) in [4.78, 5) is 12.1. The van der Waals surface area contributed by atoms with Crippen LogP contribution < -0.4 is 10.1 Å². The summed E-state index contributed by atoms with van der Waals surface area (Å²) < 4.78 is 26.7. The van der Waals surface area contributed by atoms with E-state index in [1.54, 1.807) is 29.1 Å². The summed E-state index contributed by atoms with van der Waals surface area (Å²) >= 11 is 5.97. The predicted molar refractivity (Wildman–Crippen MR) is 90.8 cm³/mol. The van der Waals surface area contributed by atoms with E-state index in [1.807, 2.05) is 0 Å². The lowest BCUT2D eigenvalue weighted by atomic mass is 10.3. The molecule has 25 heavy (non-hydrogen) atoms. The summed E-state index contributed by atoms with van der Waals surface area (Å²) in [5.41, 5.74) is 1.43.